The number of halogens is 2. The predicted octanol–water partition coefficient (Wildman–Crippen LogP) is 2.67. The van der Waals surface area contributed by atoms with Gasteiger partial charge in [0.1, 0.15) is 5.75 Å². The fraction of sp³-hybridized carbons (Fsp3) is 0.100. The zero-order chi connectivity index (χ0) is 21.2. The fourth-order valence-electron chi connectivity index (χ4n) is 2.04. The van der Waals surface area contributed by atoms with E-state index in [9.17, 15) is 23.2 Å². The van der Waals surface area contributed by atoms with E-state index in [1.807, 2.05) is 11.4 Å². The molecule has 0 saturated carbocycles. The lowest BCUT2D eigenvalue weighted by molar-refractivity contribution is -0.143. The van der Waals surface area contributed by atoms with Crippen LogP contribution in [-0.4, -0.2) is 31.0 Å². The Balaban J connectivity index is 1.79. The van der Waals surface area contributed by atoms with Crippen LogP contribution in [0.1, 0.15) is 21.5 Å². The van der Waals surface area contributed by atoms with Gasteiger partial charge in [-0.2, -0.15) is 14.0 Å². The van der Waals surface area contributed by atoms with Crippen molar-refractivity contribution in [3.05, 3.63) is 71.3 Å². The van der Waals surface area contributed by atoms with Crippen molar-refractivity contribution in [2.75, 3.05) is 6.61 Å². The average Bonchev–Trinajstić information content (AvgIpc) is 2.71. The Hall–Kier alpha value is -4.06. The molecular formula is C20H14F2N2O5. The number of imide groups is 1. The molecule has 1 N–H and O–H groups in total. The van der Waals surface area contributed by atoms with Gasteiger partial charge in [0, 0.05) is 11.6 Å². The Labute approximate surface area is 164 Å². The predicted molar refractivity (Wildman–Crippen MR) is 96.7 cm³/mol. The smallest absolute Gasteiger partial charge is 0.387 e. The summed E-state index contributed by atoms with van der Waals surface area (Å²) in [5.41, 5.74) is 1.16. The molecule has 9 heteroatoms. The summed E-state index contributed by atoms with van der Waals surface area (Å²) in [5, 5.41) is 10.7. The fourth-order valence-corrected chi connectivity index (χ4v) is 2.04. The van der Waals surface area contributed by atoms with Gasteiger partial charge in [0.15, 0.2) is 6.61 Å². The lowest BCUT2D eigenvalue weighted by Gasteiger charge is -2.06. The van der Waals surface area contributed by atoms with Crippen LogP contribution in [-0.2, 0) is 14.3 Å². The number of benzene rings is 2. The van der Waals surface area contributed by atoms with E-state index in [0.717, 1.165) is 18.2 Å². The number of nitrogens with one attached hydrogen (secondary N) is 1. The van der Waals surface area contributed by atoms with E-state index in [-0.39, 0.29) is 11.3 Å². The van der Waals surface area contributed by atoms with Crippen molar-refractivity contribution in [3.8, 4) is 11.8 Å². The second-order valence-electron chi connectivity index (χ2n) is 5.46. The molecule has 0 heterocycles. The zero-order valence-corrected chi connectivity index (χ0v) is 14.8. The number of nitriles is 1. The van der Waals surface area contributed by atoms with Gasteiger partial charge >= 0.3 is 12.6 Å². The average molecular weight is 400 g/mol. The van der Waals surface area contributed by atoms with Crippen LogP contribution in [0.3, 0.4) is 0 Å². The summed E-state index contributed by atoms with van der Waals surface area (Å²) in [6.07, 6.45) is 2.54. The van der Waals surface area contributed by atoms with Gasteiger partial charge in [0.05, 0.1) is 11.6 Å². The molecule has 0 fully saturated rings. The molecule has 0 aliphatic carbocycles. The number of amides is 2. The Kier molecular flexibility index (Phi) is 7.56. The lowest BCUT2D eigenvalue weighted by atomic mass is 10.1. The van der Waals surface area contributed by atoms with E-state index in [4.69, 9.17) is 10.00 Å². The maximum atomic E-state index is 12.1. The Morgan fingerprint density at radius 2 is 1.72 bits per heavy atom. The number of ether oxygens (including phenoxy) is 2. The maximum Gasteiger partial charge on any atom is 0.387 e. The Bertz CT molecular complexity index is 948. The summed E-state index contributed by atoms with van der Waals surface area (Å²) in [6.45, 7) is -3.67. The molecule has 29 heavy (non-hydrogen) atoms. The number of carbonyl (C=O) groups is 3. The first kappa shape index (κ1) is 21.2. The molecule has 0 aliphatic rings. The van der Waals surface area contributed by atoms with Gasteiger partial charge in [-0.3, -0.25) is 14.9 Å². The third kappa shape index (κ3) is 7.22. The molecule has 0 bridgehead atoms. The van der Waals surface area contributed by atoms with Crippen molar-refractivity contribution in [1.82, 2.24) is 5.32 Å². The molecule has 0 spiro atoms. The molecule has 0 radical (unpaired) electrons. The van der Waals surface area contributed by atoms with Crippen LogP contribution in [0.15, 0.2) is 54.6 Å². The number of rotatable bonds is 7. The number of alkyl halides is 2. The number of carbonyl (C=O) groups excluding carboxylic acids is 3. The van der Waals surface area contributed by atoms with E-state index < -0.39 is 31.0 Å². The van der Waals surface area contributed by atoms with Crippen LogP contribution >= 0.6 is 0 Å². The number of hydrogen-bond acceptors (Lipinski definition) is 6. The van der Waals surface area contributed by atoms with Gasteiger partial charge in [-0.1, -0.05) is 12.1 Å². The van der Waals surface area contributed by atoms with E-state index in [2.05, 4.69) is 4.74 Å². The van der Waals surface area contributed by atoms with Crippen molar-refractivity contribution in [1.29, 1.82) is 5.26 Å². The lowest BCUT2D eigenvalue weighted by Crippen LogP contribution is -2.34. The molecule has 0 aliphatic heterocycles. The van der Waals surface area contributed by atoms with Gasteiger partial charge in [-0.15, -0.1) is 0 Å². The van der Waals surface area contributed by atoms with Crippen LogP contribution in [0.25, 0.3) is 6.08 Å². The van der Waals surface area contributed by atoms with Crippen molar-refractivity contribution in [3.63, 3.8) is 0 Å². The highest BCUT2D eigenvalue weighted by atomic mass is 19.3. The largest absolute Gasteiger partial charge is 0.452 e. The monoisotopic (exact) mass is 400 g/mol. The molecule has 0 atom stereocenters. The molecular weight excluding hydrogens is 386 g/mol. The van der Waals surface area contributed by atoms with Crippen molar-refractivity contribution in [2.24, 2.45) is 0 Å². The second-order valence-corrected chi connectivity index (χ2v) is 5.46. The Morgan fingerprint density at radius 3 is 2.31 bits per heavy atom. The van der Waals surface area contributed by atoms with Crippen molar-refractivity contribution >= 4 is 23.9 Å². The standard InChI is InChI=1S/C20H14F2N2O5/c21-20(22)29-16-8-6-15(7-9-16)19(27)24-17(25)12-28-18(26)10-5-13-1-3-14(11-23)4-2-13/h1-10,20H,12H2,(H,24,25,27)/b10-5+. The quantitative estimate of drug-likeness (QED) is 0.566. The molecule has 2 rings (SSSR count). The van der Waals surface area contributed by atoms with Crippen LogP contribution in [0.5, 0.6) is 5.75 Å². The van der Waals surface area contributed by atoms with Crippen LogP contribution in [0, 0.1) is 11.3 Å². The van der Waals surface area contributed by atoms with E-state index in [1.54, 1.807) is 24.3 Å². The molecule has 7 nitrogen and oxygen atoms in total. The molecule has 2 aromatic carbocycles. The van der Waals surface area contributed by atoms with Gasteiger partial charge in [-0.05, 0) is 48.0 Å². The highest BCUT2D eigenvalue weighted by molar-refractivity contribution is 6.05. The summed E-state index contributed by atoms with van der Waals surface area (Å²) in [7, 11) is 0. The second kappa shape index (κ2) is 10.3. The number of nitrogens with zero attached hydrogens (tertiary/aromatic N) is 1. The zero-order valence-electron chi connectivity index (χ0n) is 14.8. The first-order valence-electron chi connectivity index (χ1n) is 8.11. The Morgan fingerprint density at radius 1 is 1.07 bits per heavy atom. The highest BCUT2D eigenvalue weighted by Crippen LogP contribution is 2.14. The van der Waals surface area contributed by atoms with Crippen LogP contribution in [0.4, 0.5) is 8.78 Å². The van der Waals surface area contributed by atoms with Crippen molar-refractivity contribution < 1.29 is 32.6 Å². The minimum Gasteiger partial charge on any atom is -0.452 e. The molecule has 0 aromatic heterocycles. The van der Waals surface area contributed by atoms with E-state index in [0.29, 0.717) is 11.1 Å². The molecule has 148 valence electrons. The van der Waals surface area contributed by atoms with E-state index in [1.165, 1.54) is 18.2 Å². The number of esters is 1. The highest BCUT2D eigenvalue weighted by Gasteiger charge is 2.12. The molecule has 0 saturated heterocycles. The van der Waals surface area contributed by atoms with Gasteiger partial charge in [0.25, 0.3) is 11.8 Å². The first-order chi connectivity index (χ1) is 13.9. The van der Waals surface area contributed by atoms with Crippen LogP contribution < -0.4 is 10.1 Å². The third-order valence-electron chi connectivity index (χ3n) is 3.39. The number of hydrogen-bond donors (Lipinski definition) is 1. The summed E-state index contributed by atoms with van der Waals surface area (Å²) in [6, 6.07) is 13.1. The summed E-state index contributed by atoms with van der Waals surface area (Å²) >= 11 is 0. The summed E-state index contributed by atoms with van der Waals surface area (Å²) in [4.78, 5) is 35.2. The van der Waals surface area contributed by atoms with Gasteiger partial charge < -0.3 is 9.47 Å². The summed E-state index contributed by atoms with van der Waals surface area (Å²) < 4.78 is 33.0. The molecule has 0 unspecified atom stereocenters. The van der Waals surface area contributed by atoms with Crippen LogP contribution in [0.2, 0.25) is 0 Å². The molecule has 2 aromatic rings. The SMILES string of the molecule is N#Cc1ccc(/C=C/C(=O)OCC(=O)NC(=O)c2ccc(OC(F)F)cc2)cc1. The van der Waals surface area contributed by atoms with Gasteiger partial charge in [0.2, 0.25) is 0 Å². The van der Waals surface area contributed by atoms with Crippen molar-refractivity contribution in [2.45, 2.75) is 6.61 Å². The third-order valence-corrected chi connectivity index (χ3v) is 3.39. The maximum absolute atomic E-state index is 12.1. The first-order valence-corrected chi connectivity index (χ1v) is 8.11. The molecule has 2 amide bonds. The van der Waals surface area contributed by atoms with Gasteiger partial charge in [-0.25, -0.2) is 4.79 Å². The topological polar surface area (TPSA) is 105 Å². The summed E-state index contributed by atoms with van der Waals surface area (Å²) in [5.74, 6) is -2.58. The minimum atomic E-state index is -2.99. The minimum absolute atomic E-state index is 0.0343. The van der Waals surface area contributed by atoms with E-state index >= 15 is 0 Å². The normalized spacial score (nSPS) is 10.4.